The third kappa shape index (κ3) is 1.71. The van der Waals surface area contributed by atoms with Gasteiger partial charge in [-0.15, -0.1) is 0 Å². The van der Waals surface area contributed by atoms with Crippen molar-refractivity contribution < 1.29 is 0 Å². The SMILES string of the molecule is c1ccc(N2c3ccccc3B3c4ccccc4-c4cccc2c43)cc1. The fourth-order valence-corrected chi connectivity index (χ4v) is 4.68. The van der Waals surface area contributed by atoms with E-state index < -0.39 is 0 Å². The molecule has 0 spiro atoms. The average molecular weight is 329 g/mol. The predicted octanol–water partition coefficient (Wildman–Crippen LogP) is 3.97. The molecule has 2 aliphatic rings. The molecule has 0 radical (unpaired) electrons. The van der Waals surface area contributed by atoms with Crippen molar-refractivity contribution in [3.63, 3.8) is 0 Å². The second-order valence-corrected chi connectivity index (χ2v) is 6.99. The Balaban J connectivity index is 1.73. The first-order valence-corrected chi connectivity index (χ1v) is 9.10. The van der Waals surface area contributed by atoms with Crippen LogP contribution < -0.4 is 21.3 Å². The maximum absolute atomic E-state index is 2.41. The molecule has 0 amide bonds. The molecule has 6 rings (SSSR count). The fraction of sp³-hybridized carbons (Fsp3) is 0. The van der Waals surface area contributed by atoms with Crippen LogP contribution in [0, 0.1) is 0 Å². The fourth-order valence-electron chi connectivity index (χ4n) is 4.68. The molecule has 26 heavy (non-hydrogen) atoms. The van der Waals surface area contributed by atoms with Gasteiger partial charge in [-0.1, -0.05) is 78.3 Å². The summed E-state index contributed by atoms with van der Waals surface area (Å²) in [5, 5.41) is 0. The monoisotopic (exact) mass is 329 g/mol. The standard InChI is InChI=1S/C24H16BN/c1-2-9-17(10-3-1)26-22-15-7-6-14-21(22)25-20-13-5-4-11-18(20)19-12-8-16-23(26)24(19)25/h1-16H. The summed E-state index contributed by atoms with van der Waals surface area (Å²) in [5.41, 5.74) is 10.8. The lowest BCUT2D eigenvalue weighted by Gasteiger charge is -2.35. The van der Waals surface area contributed by atoms with E-state index in [0.717, 1.165) is 0 Å². The van der Waals surface area contributed by atoms with E-state index in [1.165, 1.54) is 44.6 Å². The Morgan fingerprint density at radius 1 is 0.500 bits per heavy atom. The lowest BCUT2D eigenvalue weighted by atomic mass is 9.37. The Labute approximate surface area is 153 Å². The summed E-state index contributed by atoms with van der Waals surface area (Å²) in [6, 6.07) is 35.1. The van der Waals surface area contributed by atoms with Gasteiger partial charge in [-0.2, -0.15) is 0 Å². The minimum absolute atomic E-state index is 0.327. The summed E-state index contributed by atoms with van der Waals surface area (Å²) in [6.07, 6.45) is 0. The molecule has 4 aromatic rings. The van der Waals surface area contributed by atoms with Gasteiger partial charge in [0.25, 0.3) is 0 Å². The van der Waals surface area contributed by atoms with Crippen molar-refractivity contribution in [2.24, 2.45) is 0 Å². The summed E-state index contributed by atoms with van der Waals surface area (Å²) in [6.45, 7) is 0.327. The Kier molecular flexibility index (Phi) is 2.75. The van der Waals surface area contributed by atoms with Crippen molar-refractivity contribution in [3.8, 4) is 11.1 Å². The molecular formula is C24H16BN. The van der Waals surface area contributed by atoms with Gasteiger partial charge < -0.3 is 4.90 Å². The maximum atomic E-state index is 2.41. The summed E-state index contributed by atoms with van der Waals surface area (Å²) >= 11 is 0. The molecule has 1 nitrogen and oxygen atoms in total. The molecule has 120 valence electrons. The van der Waals surface area contributed by atoms with E-state index in [0.29, 0.717) is 6.71 Å². The molecule has 0 saturated carbocycles. The largest absolute Gasteiger partial charge is 0.312 e. The van der Waals surface area contributed by atoms with Gasteiger partial charge in [0.05, 0.1) is 0 Å². The number of para-hydroxylation sites is 2. The number of hydrogen-bond acceptors (Lipinski definition) is 1. The van der Waals surface area contributed by atoms with E-state index in [-0.39, 0.29) is 0 Å². The molecule has 4 aromatic carbocycles. The molecular weight excluding hydrogens is 313 g/mol. The third-order valence-electron chi connectivity index (χ3n) is 5.68. The van der Waals surface area contributed by atoms with Crippen LogP contribution in [-0.2, 0) is 0 Å². The van der Waals surface area contributed by atoms with E-state index in [9.17, 15) is 0 Å². The number of fused-ring (bicyclic) bond motifs is 5. The second kappa shape index (κ2) is 5.12. The van der Waals surface area contributed by atoms with E-state index >= 15 is 0 Å². The number of hydrogen-bond donors (Lipinski definition) is 0. The van der Waals surface area contributed by atoms with Crippen LogP contribution in [0.25, 0.3) is 11.1 Å². The van der Waals surface area contributed by atoms with E-state index in [2.05, 4.69) is 102 Å². The number of benzene rings is 4. The van der Waals surface area contributed by atoms with Crippen LogP contribution in [0.5, 0.6) is 0 Å². The molecule has 0 fully saturated rings. The minimum Gasteiger partial charge on any atom is -0.312 e. The van der Waals surface area contributed by atoms with E-state index in [4.69, 9.17) is 0 Å². The van der Waals surface area contributed by atoms with Crippen molar-refractivity contribution >= 4 is 40.2 Å². The van der Waals surface area contributed by atoms with Gasteiger partial charge in [-0.05, 0) is 46.3 Å². The van der Waals surface area contributed by atoms with Crippen LogP contribution in [0.4, 0.5) is 17.1 Å². The molecule has 2 heterocycles. The molecule has 0 aromatic heterocycles. The quantitative estimate of drug-likeness (QED) is 0.413. The van der Waals surface area contributed by atoms with Crippen LogP contribution in [0.2, 0.25) is 0 Å². The minimum atomic E-state index is 0.327. The van der Waals surface area contributed by atoms with Gasteiger partial charge >= 0.3 is 0 Å². The molecule has 0 bridgehead atoms. The van der Waals surface area contributed by atoms with Crippen LogP contribution in [-0.4, -0.2) is 6.71 Å². The molecule has 2 aliphatic heterocycles. The predicted molar refractivity (Wildman–Crippen MR) is 111 cm³/mol. The maximum Gasteiger partial charge on any atom is 0.248 e. The van der Waals surface area contributed by atoms with Crippen molar-refractivity contribution in [1.82, 2.24) is 0 Å². The Morgan fingerprint density at radius 2 is 1.15 bits per heavy atom. The molecule has 0 unspecified atom stereocenters. The van der Waals surface area contributed by atoms with Crippen molar-refractivity contribution in [3.05, 3.63) is 97.1 Å². The zero-order valence-electron chi connectivity index (χ0n) is 14.3. The lowest BCUT2D eigenvalue weighted by molar-refractivity contribution is 1.30. The molecule has 0 aliphatic carbocycles. The smallest absolute Gasteiger partial charge is 0.248 e. The number of rotatable bonds is 1. The van der Waals surface area contributed by atoms with Gasteiger partial charge in [0.15, 0.2) is 0 Å². The molecule has 0 atom stereocenters. The van der Waals surface area contributed by atoms with Crippen molar-refractivity contribution in [1.29, 1.82) is 0 Å². The summed E-state index contributed by atoms with van der Waals surface area (Å²) in [5.74, 6) is 0. The van der Waals surface area contributed by atoms with E-state index in [1.54, 1.807) is 0 Å². The highest BCUT2D eigenvalue weighted by molar-refractivity contribution is 7.01. The first-order chi connectivity index (χ1) is 12.9. The van der Waals surface area contributed by atoms with E-state index in [1.807, 2.05) is 0 Å². The average Bonchev–Trinajstić information content (AvgIpc) is 3.05. The zero-order chi connectivity index (χ0) is 17.1. The van der Waals surface area contributed by atoms with Crippen LogP contribution in [0.3, 0.4) is 0 Å². The van der Waals surface area contributed by atoms with Gasteiger partial charge in [0, 0.05) is 17.1 Å². The normalized spacial score (nSPS) is 13.2. The lowest BCUT2D eigenvalue weighted by Crippen LogP contribution is -2.54. The second-order valence-electron chi connectivity index (χ2n) is 6.99. The molecule has 2 heteroatoms. The first-order valence-electron chi connectivity index (χ1n) is 9.10. The summed E-state index contributed by atoms with van der Waals surface area (Å²) in [4.78, 5) is 2.41. The van der Waals surface area contributed by atoms with Crippen molar-refractivity contribution in [2.75, 3.05) is 4.90 Å². The summed E-state index contributed by atoms with van der Waals surface area (Å²) < 4.78 is 0. The molecule has 0 N–H and O–H groups in total. The summed E-state index contributed by atoms with van der Waals surface area (Å²) in [7, 11) is 0. The zero-order valence-corrected chi connectivity index (χ0v) is 14.3. The highest BCUT2D eigenvalue weighted by Gasteiger charge is 2.41. The Bertz CT molecular complexity index is 1130. The van der Waals surface area contributed by atoms with Crippen LogP contribution in [0.1, 0.15) is 0 Å². The van der Waals surface area contributed by atoms with Crippen LogP contribution in [0.15, 0.2) is 97.1 Å². The number of anilines is 3. The first kappa shape index (κ1) is 14.0. The van der Waals surface area contributed by atoms with Crippen molar-refractivity contribution in [2.45, 2.75) is 0 Å². The third-order valence-corrected chi connectivity index (χ3v) is 5.68. The highest BCUT2D eigenvalue weighted by atomic mass is 15.1. The van der Waals surface area contributed by atoms with Gasteiger partial charge in [0.1, 0.15) is 0 Å². The van der Waals surface area contributed by atoms with Crippen LogP contribution >= 0.6 is 0 Å². The molecule has 0 saturated heterocycles. The Hall–Kier alpha value is -3.26. The highest BCUT2D eigenvalue weighted by Crippen LogP contribution is 2.39. The van der Waals surface area contributed by atoms with Gasteiger partial charge in [-0.3, -0.25) is 0 Å². The van der Waals surface area contributed by atoms with Gasteiger partial charge in [0.2, 0.25) is 6.71 Å². The topological polar surface area (TPSA) is 3.24 Å². The Morgan fingerprint density at radius 3 is 2.04 bits per heavy atom. The van der Waals surface area contributed by atoms with Gasteiger partial charge in [-0.25, -0.2) is 0 Å². The number of nitrogens with zero attached hydrogens (tertiary/aromatic N) is 1.